The highest BCUT2D eigenvalue weighted by molar-refractivity contribution is 6.05. The zero-order valence-corrected chi connectivity index (χ0v) is 13.6. The van der Waals surface area contributed by atoms with Crippen molar-refractivity contribution in [1.29, 1.82) is 0 Å². The number of carbonyl (C=O) groups is 1. The van der Waals surface area contributed by atoms with Crippen LogP contribution in [0.4, 0.5) is 10.6 Å². The molecule has 2 aromatic heterocycles. The van der Waals surface area contributed by atoms with E-state index in [2.05, 4.69) is 20.9 Å². The fourth-order valence-corrected chi connectivity index (χ4v) is 3.31. The van der Waals surface area contributed by atoms with Crippen molar-refractivity contribution >= 4 is 34.0 Å². The van der Waals surface area contributed by atoms with Crippen LogP contribution in [0.15, 0.2) is 28.9 Å². The maximum atomic E-state index is 11.2. The summed E-state index contributed by atoms with van der Waals surface area (Å²) in [6.07, 6.45) is 1.41. The van der Waals surface area contributed by atoms with Gasteiger partial charge in [-0.2, -0.15) is 0 Å². The smallest absolute Gasteiger partial charge is 0.407 e. The fraction of sp³-hybridized carbons (Fsp3) is 0.353. The van der Waals surface area contributed by atoms with Crippen LogP contribution in [0.5, 0.6) is 0 Å². The number of amides is 1. The standard InChI is InChI=1S/C17H18N4O3/c1-10-3-4-13-12(7-10)14-15(24-13)16(19-9-18-14)21-6-5-11(8-21)20(2)17(22)23/h3-4,7,9,11H,5-6,8H2,1-2H3,(H,22,23)/t11-/m0/s1. The number of fused-ring (bicyclic) bond motifs is 3. The Balaban J connectivity index is 1.75. The molecule has 0 bridgehead atoms. The average molecular weight is 326 g/mol. The van der Waals surface area contributed by atoms with Gasteiger partial charge in [0.05, 0.1) is 6.04 Å². The molecule has 0 radical (unpaired) electrons. The number of aryl methyl sites for hydroxylation is 1. The lowest BCUT2D eigenvalue weighted by atomic mass is 10.2. The Morgan fingerprint density at radius 2 is 2.25 bits per heavy atom. The lowest BCUT2D eigenvalue weighted by Gasteiger charge is -2.22. The van der Waals surface area contributed by atoms with Gasteiger partial charge in [-0.3, -0.25) is 0 Å². The van der Waals surface area contributed by atoms with E-state index in [9.17, 15) is 4.79 Å². The molecular formula is C17H18N4O3. The van der Waals surface area contributed by atoms with Gasteiger partial charge in [0.1, 0.15) is 17.4 Å². The first-order valence-corrected chi connectivity index (χ1v) is 7.89. The first kappa shape index (κ1) is 14.7. The van der Waals surface area contributed by atoms with E-state index in [-0.39, 0.29) is 6.04 Å². The average Bonchev–Trinajstić information content (AvgIpc) is 3.18. The van der Waals surface area contributed by atoms with Crippen LogP contribution in [0.1, 0.15) is 12.0 Å². The number of rotatable bonds is 2. The van der Waals surface area contributed by atoms with Crippen molar-refractivity contribution in [2.24, 2.45) is 0 Å². The lowest BCUT2D eigenvalue weighted by molar-refractivity contribution is 0.142. The monoisotopic (exact) mass is 326 g/mol. The molecule has 1 fully saturated rings. The second-order valence-corrected chi connectivity index (χ2v) is 6.26. The Morgan fingerprint density at radius 1 is 1.42 bits per heavy atom. The molecule has 1 saturated heterocycles. The number of benzene rings is 1. The van der Waals surface area contributed by atoms with Gasteiger partial charge in [-0.25, -0.2) is 14.8 Å². The number of furan rings is 1. The molecule has 3 aromatic rings. The number of aromatic nitrogens is 2. The van der Waals surface area contributed by atoms with Gasteiger partial charge in [-0.1, -0.05) is 11.6 Å². The highest BCUT2D eigenvalue weighted by atomic mass is 16.4. The Kier molecular flexibility index (Phi) is 3.30. The Bertz CT molecular complexity index is 936. The molecule has 0 spiro atoms. The molecule has 4 rings (SSSR count). The molecule has 1 N–H and O–H groups in total. The van der Waals surface area contributed by atoms with Gasteiger partial charge >= 0.3 is 6.09 Å². The molecule has 3 heterocycles. The van der Waals surface area contributed by atoms with Gasteiger partial charge in [0.15, 0.2) is 11.4 Å². The van der Waals surface area contributed by atoms with Crippen LogP contribution >= 0.6 is 0 Å². The van der Waals surface area contributed by atoms with Crippen molar-refractivity contribution in [3.05, 3.63) is 30.1 Å². The van der Waals surface area contributed by atoms with Crippen LogP contribution in [0.25, 0.3) is 22.1 Å². The van der Waals surface area contributed by atoms with Crippen LogP contribution in [0.3, 0.4) is 0 Å². The van der Waals surface area contributed by atoms with Gasteiger partial charge in [0.2, 0.25) is 0 Å². The summed E-state index contributed by atoms with van der Waals surface area (Å²) in [7, 11) is 1.61. The van der Waals surface area contributed by atoms with Crippen LogP contribution in [-0.2, 0) is 0 Å². The molecule has 1 atom stereocenters. The quantitative estimate of drug-likeness (QED) is 0.780. The van der Waals surface area contributed by atoms with Crippen LogP contribution in [0, 0.1) is 6.92 Å². The molecule has 1 aliphatic rings. The van der Waals surface area contributed by atoms with Crippen LogP contribution in [0.2, 0.25) is 0 Å². The largest absolute Gasteiger partial charge is 0.465 e. The van der Waals surface area contributed by atoms with Crippen LogP contribution < -0.4 is 4.90 Å². The van der Waals surface area contributed by atoms with Gasteiger partial charge in [0.25, 0.3) is 0 Å². The van der Waals surface area contributed by atoms with E-state index >= 15 is 0 Å². The molecule has 1 amide bonds. The van der Waals surface area contributed by atoms with E-state index in [1.54, 1.807) is 13.4 Å². The number of carboxylic acid groups (broad SMARTS) is 1. The van der Waals surface area contributed by atoms with Crippen molar-refractivity contribution < 1.29 is 14.3 Å². The summed E-state index contributed by atoms with van der Waals surface area (Å²) < 4.78 is 6.00. The maximum Gasteiger partial charge on any atom is 0.407 e. The zero-order chi connectivity index (χ0) is 16.8. The number of nitrogens with zero attached hydrogens (tertiary/aromatic N) is 4. The molecule has 0 unspecified atom stereocenters. The van der Waals surface area contributed by atoms with Crippen molar-refractivity contribution in [2.45, 2.75) is 19.4 Å². The number of anilines is 1. The third-order valence-electron chi connectivity index (χ3n) is 4.70. The molecule has 124 valence electrons. The molecule has 0 saturated carbocycles. The van der Waals surface area contributed by atoms with Crippen molar-refractivity contribution in [3.8, 4) is 0 Å². The van der Waals surface area contributed by atoms with Crippen LogP contribution in [-0.4, -0.2) is 52.2 Å². The minimum atomic E-state index is -0.908. The summed E-state index contributed by atoms with van der Waals surface area (Å²) in [5.74, 6) is 0.732. The summed E-state index contributed by atoms with van der Waals surface area (Å²) in [5, 5.41) is 10.1. The highest BCUT2D eigenvalue weighted by Gasteiger charge is 2.30. The minimum Gasteiger partial charge on any atom is -0.465 e. The van der Waals surface area contributed by atoms with E-state index in [4.69, 9.17) is 9.52 Å². The molecular weight excluding hydrogens is 308 g/mol. The Morgan fingerprint density at radius 3 is 3.04 bits per heavy atom. The summed E-state index contributed by atoms with van der Waals surface area (Å²) in [5.41, 5.74) is 3.40. The second kappa shape index (κ2) is 5.36. The van der Waals surface area contributed by atoms with Gasteiger partial charge in [0, 0.05) is 25.5 Å². The first-order chi connectivity index (χ1) is 11.5. The van der Waals surface area contributed by atoms with Crippen molar-refractivity contribution in [2.75, 3.05) is 25.0 Å². The third-order valence-corrected chi connectivity index (χ3v) is 4.70. The maximum absolute atomic E-state index is 11.2. The predicted octanol–water partition coefficient (Wildman–Crippen LogP) is 2.87. The Labute approximate surface area is 138 Å². The summed E-state index contributed by atoms with van der Waals surface area (Å²) in [6, 6.07) is 5.97. The molecule has 0 aliphatic carbocycles. The molecule has 7 heteroatoms. The summed E-state index contributed by atoms with van der Waals surface area (Å²) in [4.78, 5) is 23.4. The van der Waals surface area contributed by atoms with E-state index < -0.39 is 6.09 Å². The van der Waals surface area contributed by atoms with E-state index in [1.807, 2.05) is 19.1 Å². The summed E-state index contributed by atoms with van der Waals surface area (Å²) >= 11 is 0. The molecule has 7 nitrogen and oxygen atoms in total. The van der Waals surface area contributed by atoms with E-state index in [0.717, 1.165) is 40.8 Å². The zero-order valence-electron chi connectivity index (χ0n) is 13.6. The Hall–Kier alpha value is -2.83. The van der Waals surface area contributed by atoms with Gasteiger partial charge in [-0.05, 0) is 25.5 Å². The van der Waals surface area contributed by atoms with Crippen molar-refractivity contribution in [3.63, 3.8) is 0 Å². The fourth-order valence-electron chi connectivity index (χ4n) is 3.31. The van der Waals surface area contributed by atoms with E-state index in [1.165, 1.54) is 4.90 Å². The second-order valence-electron chi connectivity index (χ2n) is 6.26. The predicted molar refractivity (Wildman–Crippen MR) is 90.5 cm³/mol. The minimum absolute atomic E-state index is 0.0425. The van der Waals surface area contributed by atoms with E-state index in [0.29, 0.717) is 12.1 Å². The first-order valence-electron chi connectivity index (χ1n) is 7.89. The molecule has 1 aromatic carbocycles. The number of hydrogen-bond donors (Lipinski definition) is 1. The SMILES string of the molecule is Cc1ccc2oc3c(N4CC[C@H](N(C)C(=O)O)C4)ncnc3c2c1. The molecule has 24 heavy (non-hydrogen) atoms. The van der Waals surface area contributed by atoms with Gasteiger partial charge < -0.3 is 19.3 Å². The normalized spacial score (nSPS) is 17.8. The molecule has 1 aliphatic heterocycles. The number of hydrogen-bond acceptors (Lipinski definition) is 5. The number of likely N-dealkylation sites (N-methyl/N-ethyl adjacent to an activating group) is 1. The summed E-state index contributed by atoms with van der Waals surface area (Å²) in [6.45, 7) is 3.38. The van der Waals surface area contributed by atoms with Gasteiger partial charge in [-0.15, -0.1) is 0 Å². The highest BCUT2D eigenvalue weighted by Crippen LogP contribution is 2.34. The third kappa shape index (κ3) is 2.24. The topological polar surface area (TPSA) is 82.7 Å². The van der Waals surface area contributed by atoms with Crippen molar-refractivity contribution in [1.82, 2.24) is 14.9 Å². The lowest BCUT2D eigenvalue weighted by Crippen LogP contribution is -2.38.